The first-order chi connectivity index (χ1) is 9.22. The van der Waals surface area contributed by atoms with Gasteiger partial charge in [-0.25, -0.2) is 9.37 Å². The number of aromatic amines is 1. The van der Waals surface area contributed by atoms with E-state index in [1.165, 1.54) is 17.2 Å². The summed E-state index contributed by atoms with van der Waals surface area (Å²) in [6.07, 6.45) is 1.70. The molecule has 0 unspecified atom stereocenters. The molecule has 0 spiro atoms. The molecule has 1 heterocycles. The van der Waals surface area contributed by atoms with E-state index < -0.39 is 0 Å². The molecule has 2 aromatic carbocycles. The van der Waals surface area contributed by atoms with Crippen molar-refractivity contribution in [2.24, 2.45) is 0 Å². The number of nitrogens with zero attached hydrogens (tertiary/aromatic N) is 1. The van der Waals surface area contributed by atoms with Gasteiger partial charge in [-0.2, -0.15) is 0 Å². The lowest BCUT2D eigenvalue weighted by Gasteiger charge is -2.00. The minimum atomic E-state index is -0.268. The predicted molar refractivity (Wildman–Crippen MR) is 74.6 cm³/mol. The zero-order chi connectivity index (χ0) is 13.2. The van der Waals surface area contributed by atoms with Crippen LogP contribution < -0.4 is 0 Å². The van der Waals surface area contributed by atoms with Gasteiger partial charge in [0.1, 0.15) is 11.3 Å². The van der Waals surface area contributed by atoms with Crippen LogP contribution in [0.5, 0.6) is 0 Å². The molecule has 2 nitrogen and oxygen atoms in total. The summed E-state index contributed by atoms with van der Waals surface area (Å²) in [5.74, 6) is 0.567. The maximum atomic E-state index is 13.5. The Labute approximate surface area is 111 Å². The van der Waals surface area contributed by atoms with Gasteiger partial charge in [0.05, 0.1) is 5.52 Å². The van der Waals surface area contributed by atoms with Crippen LogP contribution in [-0.4, -0.2) is 9.97 Å². The average molecular weight is 254 g/mol. The molecule has 3 heteroatoms. The highest BCUT2D eigenvalue weighted by Crippen LogP contribution is 2.16. The summed E-state index contributed by atoms with van der Waals surface area (Å²) in [6.45, 7) is 2.08. The third-order valence-corrected chi connectivity index (χ3v) is 3.25. The van der Waals surface area contributed by atoms with Crippen LogP contribution in [0.3, 0.4) is 0 Å². The quantitative estimate of drug-likeness (QED) is 0.756. The number of fused-ring (bicyclic) bond motifs is 1. The zero-order valence-electron chi connectivity index (χ0n) is 10.8. The SMILES string of the molecule is Cc1cccc(CCc2nc3c(F)cccc3[nH]2)c1. The van der Waals surface area contributed by atoms with E-state index in [4.69, 9.17) is 0 Å². The molecule has 0 aliphatic heterocycles. The number of benzene rings is 2. The van der Waals surface area contributed by atoms with Crippen LogP contribution in [0.1, 0.15) is 17.0 Å². The minimum Gasteiger partial charge on any atom is -0.342 e. The number of nitrogens with one attached hydrogen (secondary N) is 1. The van der Waals surface area contributed by atoms with Crippen LogP contribution in [0.4, 0.5) is 4.39 Å². The summed E-state index contributed by atoms with van der Waals surface area (Å²) in [4.78, 5) is 7.49. The Kier molecular flexibility index (Phi) is 3.03. The Balaban J connectivity index is 1.80. The third kappa shape index (κ3) is 2.50. The maximum absolute atomic E-state index is 13.5. The van der Waals surface area contributed by atoms with Crippen molar-refractivity contribution in [2.75, 3.05) is 0 Å². The molecule has 0 amide bonds. The number of rotatable bonds is 3. The van der Waals surface area contributed by atoms with E-state index in [0.29, 0.717) is 5.52 Å². The fraction of sp³-hybridized carbons (Fsp3) is 0.188. The third-order valence-electron chi connectivity index (χ3n) is 3.25. The molecule has 3 aromatic rings. The highest BCUT2D eigenvalue weighted by molar-refractivity contribution is 5.75. The van der Waals surface area contributed by atoms with E-state index in [0.717, 1.165) is 24.2 Å². The van der Waals surface area contributed by atoms with E-state index in [1.807, 2.05) is 6.07 Å². The Hall–Kier alpha value is -2.16. The number of hydrogen-bond acceptors (Lipinski definition) is 1. The van der Waals surface area contributed by atoms with Crippen molar-refractivity contribution >= 4 is 11.0 Å². The van der Waals surface area contributed by atoms with Crippen molar-refractivity contribution in [1.82, 2.24) is 9.97 Å². The highest BCUT2D eigenvalue weighted by atomic mass is 19.1. The second-order valence-corrected chi connectivity index (χ2v) is 4.81. The number of imidazole rings is 1. The average Bonchev–Trinajstić information content (AvgIpc) is 2.81. The van der Waals surface area contributed by atoms with Gasteiger partial charge >= 0.3 is 0 Å². The van der Waals surface area contributed by atoms with Gasteiger partial charge in [0.2, 0.25) is 0 Å². The van der Waals surface area contributed by atoms with Gasteiger partial charge in [-0.05, 0) is 31.0 Å². The van der Waals surface area contributed by atoms with E-state index in [-0.39, 0.29) is 5.82 Å². The molecule has 0 bridgehead atoms. The van der Waals surface area contributed by atoms with Gasteiger partial charge in [-0.15, -0.1) is 0 Å². The molecule has 0 radical (unpaired) electrons. The molecule has 0 atom stereocenters. The summed E-state index contributed by atoms with van der Waals surface area (Å²) in [5, 5.41) is 0. The van der Waals surface area contributed by atoms with Crippen LogP contribution in [-0.2, 0) is 12.8 Å². The lowest BCUT2D eigenvalue weighted by Crippen LogP contribution is -1.93. The molecule has 0 saturated heterocycles. The van der Waals surface area contributed by atoms with Gasteiger partial charge in [0.25, 0.3) is 0 Å². The van der Waals surface area contributed by atoms with Gasteiger partial charge in [-0.3, -0.25) is 0 Å². The van der Waals surface area contributed by atoms with E-state index >= 15 is 0 Å². The normalized spacial score (nSPS) is 11.1. The lowest BCUT2D eigenvalue weighted by molar-refractivity contribution is 0.637. The van der Waals surface area contributed by atoms with Crippen molar-refractivity contribution in [3.05, 3.63) is 65.2 Å². The van der Waals surface area contributed by atoms with Gasteiger partial charge in [-0.1, -0.05) is 35.9 Å². The number of para-hydroxylation sites is 1. The molecule has 3 rings (SSSR count). The molecular weight excluding hydrogens is 239 g/mol. The number of H-pyrrole nitrogens is 1. The largest absolute Gasteiger partial charge is 0.342 e. The number of halogens is 1. The molecular formula is C16H15FN2. The summed E-state index contributed by atoms with van der Waals surface area (Å²) in [5.41, 5.74) is 3.73. The number of aryl methyl sites for hydroxylation is 3. The molecule has 0 fully saturated rings. The fourth-order valence-corrected chi connectivity index (χ4v) is 2.30. The van der Waals surface area contributed by atoms with Crippen LogP contribution in [0.2, 0.25) is 0 Å². The number of hydrogen-bond donors (Lipinski definition) is 1. The van der Waals surface area contributed by atoms with Crippen molar-refractivity contribution in [1.29, 1.82) is 0 Å². The van der Waals surface area contributed by atoms with Crippen LogP contribution >= 0.6 is 0 Å². The van der Waals surface area contributed by atoms with Crippen molar-refractivity contribution in [3.63, 3.8) is 0 Å². The topological polar surface area (TPSA) is 28.7 Å². The fourth-order valence-electron chi connectivity index (χ4n) is 2.30. The predicted octanol–water partition coefficient (Wildman–Crippen LogP) is 3.80. The first-order valence-corrected chi connectivity index (χ1v) is 6.41. The standard InChI is InChI=1S/C16H15FN2/c1-11-4-2-5-12(10-11)8-9-15-18-14-7-3-6-13(17)16(14)19-15/h2-7,10H,8-9H2,1H3,(H,18,19). The molecule has 1 aromatic heterocycles. The maximum Gasteiger partial charge on any atom is 0.151 e. The first kappa shape index (κ1) is 11.9. The van der Waals surface area contributed by atoms with E-state index in [1.54, 1.807) is 6.07 Å². The first-order valence-electron chi connectivity index (χ1n) is 6.41. The molecule has 1 N–H and O–H groups in total. The second kappa shape index (κ2) is 4.84. The molecule has 19 heavy (non-hydrogen) atoms. The van der Waals surface area contributed by atoms with Gasteiger partial charge in [0.15, 0.2) is 5.82 Å². The zero-order valence-corrected chi connectivity index (χ0v) is 10.8. The smallest absolute Gasteiger partial charge is 0.151 e. The van der Waals surface area contributed by atoms with Crippen molar-refractivity contribution in [3.8, 4) is 0 Å². The number of aromatic nitrogens is 2. The van der Waals surface area contributed by atoms with Gasteiger partial charge in [0, 0.05) is 6.42 Å². The molecule has 0 aliphatic carbocycles. The summed E-state index contributed by atoms with van der Waals surface area (Å²) in [7, 11) is 0. The summed E-state index contributed by atoms with van der Waals surface area (Å²) < 4.78 is 13.5. The Morgan fingerprint density at radius 3 is 2.74 bits per heavy atom. The Morgan fingerprint density at radius 1 is 1.11 bits per heavy atom. The highest BCUT2D eigenvalue weighted by Gasteiger charge is 2.06. The van der Waals surface area contributed by atoms with E-state index in [9.17, 15) is 4.39 Å². The lowest BCUT2D eigenvalue weighted by atomic mass is 10.1. The molecule has 0 saturated carbocycles. The Bertz CT molecular complexity index is 716. The monoisotopic (exact) mass is 254 g/mol. The van der Waals surface area contributed by atoms with Crippen molar-refractivity contribution in [2.45, 2.75) is 19.8 Å². The summed E-state index contributed by atoms with van der Waals surface area (Å²) in [6, 6.07) is 13.4. The molecule has 0 aliphatic rings. The minimum absolute atomic E-state index is 0.268. The second-order valence-electron chi connectivity index (χ2n) is 4.81. The van der Waals surface area contributed by atoms with Crippen molar-refractivity contribution < 1.29 is 4.39 Å². The van der Waals surface area contributed by atoms with E-state index in [2.05, 4.69) is 41.2 Å². The summed E-state index contributed by atoms with van der Waals surface area (Å²) >= 11 is 0. The van der Waals surface area contributed by atoms with Gasteiger partial charge < -0.3 is 4.98 Å². The Morgan fingerprint density at radius 2 is 1.95 bits per heavy atom. The molecule has 96 valence electrons. The van der Waals surface area contributed by atoms with Crippen LogP contribution in [0.25, 0.3) is 11.0 Å². The van der Waals surface area contributed by atoms with Crippen LogP contribution in [0, 0.1) is 12.7 Å². The van der Waals surface area contributed by atoms with Crippen LogP contribution in [0.15, 0.2) is 42.5 Å².